The molecule has 7 heteroatoms. The van der Waals surface area contributed by atoms with Gasteiger partial charge in [0.05, 0.1) is 12.7 Å². The molecule has 3 rings (SSSR count). The maximum absolute atomic E-state index is 11.8. The zero-order chi connectivity index (χ0) is 15.0. The van der Waals surface area contributed by atoms with E-state index in [0.29, 0.717) is 5.69 Å². The molecule has 1 aromatic carbocycles. The van der Waals surface area contributed by atoms with E-state index in [2.05, 4.69) is 10.2 Å². The molecule has 1 aromatic rings. The molecule has 2 N–H and O–H groups in total. The number of aromatic nitrogens is 3. The Morgan fingerprint density at radius 3 is 2.90 bits per heavy atom. The molecule has 2 aliphatic heterocycles. The molecule has 106 valence electrons. The number of carbonyl (C=O) groups is 1. The molecule has 0 fully saturated rings. The third kappa shape index (κ3) is 2.14. The van der Waals surface area contributed by atoms with Crippen molar-refractivity contribution in [2.45, 2.75) is 0 Å². The molecule has 7 nitrogen and oxygen atoms in total. The van der Waals surface area contributed by atoms with E-state index < -0.39 is 11.5 Å². The smallest absolute Gasteiger partial charge is 0.341 e. The third-order valence-electron chi connectivity index (χ3n) is 3.09. The van der Waals surface area contributed by atoms with E-state index in [0.717, 1.165) is 0 Å². The highest BCUT2D eigenvalue weighted by Crippen LogP contribution is 2.24. The number of H-pyrrole nitrogens is 1. The average Bonchev–Trinajstić information content (AvgIpc) is 2.87. The summed E-state index contributed by atoms with van der Waals surface area (Å²) in [5.41, 5.74) is 0.883. The molecule has 0 atom stereocenters. The Bertz CT molecular complexity index is 850. The second-order valence-corrected chi connectivity index (χ2v) is 4.41. The predicted octanol–water partition coefficient (Wildman–Crippen LogP) is 1.16. The Hall–Kier alpha value is -3.09. The Kier molecular flexibility index (Phi) is 2.94. The number of pyridine rings is 1. The normalized spacial score (nSPS) is 10.7. The molecule has 0 radical (unpaired) electrons. The first-order chi connectivity index (χ1) is 10.1. The summed E-state index contributed by atoms with van der Waals surface area (Å²) in [4.78, 5) is 23.6. The molecule has 2 heterocycles. The molecule has 0 unspecified atom stereocenters. The number of benzene rings is 1. The summed E-state index contributed by atoms with van der Waals surface area (Å²) in [7, 11) is 1.25. The van der Waals surface area contributed by atoms with Gasteiger partial charge < -0.3 is 14.4 Å². The summed E-state index contributed by atoms with van der Waals surface area (Å²) in [6.45, 7) is 0. The maximum atomic E-state index is 11.8. The molecule has 0 bridgehead atoms. The van der Waals surface area contributed by atoms with Crippen molar-refractivity contribution in [1.82, 2.24) is 14.8 Å². The number of rotatable bonds is 2. The summed E-state index contributed by atoms with van der Waals surface area (Å²) in [6.07, 6.45) is 3.05. The zero-order valence-electron chi connectivity index (χ0n) is 11.0. The average molecular weight is 285 g/mol. The lowest BCUT2D eigenvalue weighted by Crippen LogP contribution is -2.11. The number of carbonyl (C=O) groups excluding carboxylic acids is 1. The van der Waals surface area contributed by atoms with Crippen LogP contribution >= 0.6 is 0 Å². The van der Waals surface area contributed by atoms with Crippen LogP contribution in [0.2, 0.25) is 0 Å². The van der Waals surface area contributed by atoms with Gasteiger partial charge in [0.15, 0.2) is 0 Å². The topological polar surface area (TPSA) is 97.2 Å². The van der Waals surface area contributed by atoms with Crippen LogP contribution in [-0.2, 0) is 4.74 Å². The summed E-state index contributed by atoms with van der Waals surface area (Å²) in [5.74, 6) is -0.518. The second-order valence-electron chi connectivity index (χ2n) is 4.41. The van der Waals surface area contributed by atoms with Gasteiger partial charge in [-0.05, 0) is 12.1 Å². The van der Waals surface area contributed by atoms with Gasteiger partial charge in [0, 0.05) is 24.1 Å². The number of aromatic amines is 1. The van der Waals surface area contributed by atoms with E-state index in [1.54, 1.807) is 22.9 Å². The fourth-order valence-electron chi connectivity index (χ4n) is 2.10. The van der Waals surface area contributed by atoms with Crippen LogP contribution in [0.15, 0.2) is 41.5 Å². The van der Waals surface area contributed by atoms with E-state index in [9.17, 15) is 14.7 Å². The van der Waals surface area contributed by atoms with Gasteiger partial charge >= 0.3 is 5.97 Å². The van der Waals surface area contributed by atoms with Gasteiger partial charge in [-0.15, -0.1) is 0 Å². The van der Waals surface area contributed by atoms with Crippen molar-refractivity contribution in [3.63, 3.8) is 0 Å². The van der Waals surface area contributed by atoms with Crippen LogP contribution in [0.3, 0.4) is 0 Å². The number of aromatic hydroxyl groups is 1. The third-order valence-corrected chi connectivity index (χ3v) is 3.09. The molecule has 0 amide bonds. The summed E-state index contributed by atoms with van der Waals surface area (Å²) in [6, 6.07) is 6.43. The van der Waals surface area contributed by atoms with Crippen molar-refractivity contribution in [2.75, 3.05) is 7.11 Å². The van der Waals surface area contributed by atoms with Crippen LogP contribution in [0.5, 0.6) is 5.75 Å². The molecule has 0 aliphatic carbocycles. The van der Waals surface area contributed by atoms with Gasteiger partial charge in [-0.3, -0.25) is 4.79 Å². The van der Waals surface area contributed by atoms with Gasteiger partial charge in [0.25, 0.3) is 5.56 Å². The zero-order valence-corrected chi connectivity index (χ0v) is 11.0. The molecule has 0 saturated carbocycles. The number of hydrogen-bond donors (Lipinski definition) is 2. The number of phenolic OH excluding ortho intramolecular Hbond substituents is 1. The van der Waals surface area contributed by atoms with Crippen molar-refractivity contribution in [3.05, 3.63) is 52.6 Å². The molecule has 0 aromatic heterocycles. The van der Waals surface area contributed by atoms with Crippen molar-refractivity contribution < 1.29 is 14.6 Å². The summed E-state index contributed by atoms with van der Waals surface area (Å²) < 4.78 is 6.27. The first-order valence-electron chi connectivity index (χ1n) is 6.08. The number of methoxy groups -OCH3 is 1. The summed E-state index contributed by atoms with van der Waals surface area (Å²) >= 11 is 0. The van der Waals surface area contributed by atoms with Crippen molar-refractivity contribution in [3.8, 4) is 22.7 Å². The Morgan fingerprint density at radius 2 is 2.19 bits per heavy atom. The number of esters is 1. The van der Waals surface area contributed by atoms with Crippen molar-refractivity contribution in [2.24, 2.45) is 0 Å². The first-order valence-corrected chi connectivity index (χ1v) is 6.08. The van der Waals surface area contributed by atoms with Gasteiger partial charge in [0.1, 0.15) is 17.0 Å². The number of hydrogen-bond acceptors (Lipinski definition) is 5. The van der Waals surface area contributed by atoms with Gasteiger partial charge in [-0.2, -0.15) is 5.10 Å². The quantitative estimate of drug-likeness (QED) is 0.688. The van der Waals surface area contributed by atoms with E-state index in [-0.39, 0.29) is 22.6 Å². The lowest BCUT2D eigenvalue weighted by molar-refractivity contribution is 0.0600. The number of phenols is 1. The largest absolute Gasteiger partial charge is 0.508 e. The molecular weight excluding hydrogens is 274 g/mol. The van der Waals surface area contributed by atoms with E-state index >= 15 is 0 Å². The van der Waals surface area contributed by atoms with Crippen LogP contribution < -0.4 is 5.56 Å². The Morgan fingerprint density at radius 1 is 1.38 bits per heavy atom. The van der Waals surface area contributed by atoms with Crippen LogP contribution in [0, 0.1) is 0 Å². The number of nitrogens with one attached hydrogen (secondary N) is 1. The number of fused-ring (bicyclic) bond motifs is 1. The minimum Gasteiger partial charge on any atom is -0.508 e. The van der Waals surface area contributed by atoms with Crippen molar-refractivity contribution >= 4 is 5.97 Å². The van der Waals surface area contributed by atoms with E-state index in [4.69, 9.17) is 4.74 Å². The monoisotopic (exact) mass is 285 g/mol. The lowest BCUT2D eigenvalue weighted by Gasteiger charge is -2.11. The Labute approximate surface area is 118 Å². The van der Waals surface area contributed by atoms with Crippen LogP contribution in [0.25, 0.3) is 16.9 Å². The van der Waals surface area contributed by atoms with Crippen molar-refractivity contribution in [1.29, 1.82) is 0 Å². The predicted molar refractivity (Wildman–Crippen MR) is 73.8 cm³/mol. The van der Waals surface area contributed by atoms with E-state index in [1.165, 1.54) is 25.4 Å². The second kappa shape index (κ2) is 4.78. The van der Waals surface area contributed by atoms with Gasteiger partial charge in [0.2, 0.25) is 0 Å². The van der Waals surface area contributed by atoms with Crippen LogP contribution in [0.4, 0.5) is 0 Å². The highest BCUT2D eigenvalue weighted by Gasteiger charge is 2.22. The maximum Gasteiger partial charge on any atom is 0.341 e. The highest BCUT2D eigenvalue weighted by atomic mass is 16.5. The lowest BCUT2D eigenvalue weighted by atomic mass is 10.1. The van der Waals surface area contributed by atoms with E-state index in [1.807, 2.05) is 0 Å². The fraction of sp³-hybridized carbons (Fsp3) is 0.0714. The highest BCUT2D eigenvalue weighted by molar-refractivity contribution is 5.96. The first kappa shape index (κ1) is 12.9. The van der Waals surface area contributed by atoms with Gasteiger partial charge in [-0.1, -0.05) is 6.07 Å². The Balaban J connectivity index is 2.29. The SMILES string of the molecule is COC(=O)c1cn(-c2cccc(O)c2)cc2c(=O)[nH]nc1-2. The van der Waals surface area contributed by atoms with Crippen LogP contribution in [0.1, 0.15) is 10.4 Å². The minimum absolute atomic E-state index is 0.0780. The number of ether oxygens (including phenoxy) is 1. The standard InChI is InChI=1S/C14H11N3O4/c1-21-14(20)11-7-17(8-3-2-4-9(18)5-8)6-10-12(11)15-16-13(10)19/h2-7,18H,1H3,(H,16,19). The minimum atomic E-state index is -0.596. The number of nitrogens with zero attached hydrogens (tertiary/aromatic N) is 2. The fourth-order valence-corrected chi connectivity index (χ4v) is 2.10. The molecule has 0 spiro atoms. The molecule has 0 saturated heterocycles. The summed E-state index contributed by atoms with van der Waals surface area (Å²) in [5, 5.41) is 15.7. The molecule has 21 heavy (non-hydrogen) atoms. The molecule has 2 aliphatic rings. The van der Waals surface area contributed by atoms with Gasteiger partial charge in [-0.25, -0.2) is 9.89 Å². The van der Waals surface area contributed by atoms with Crippen LogP contribution in [-0.4, -0.2) is 33.0 Å². The molecular formula is C14H11N3O4.